The van der Waals surface area contributed by atoms with Gasteiger partial charge in [0.2, 0.25) is 9.84 Å². The van der Waals surface area contributed by atoms with E-state index >= 15 is 0 Å². The van der Waals surface area contributed by atoms with Crippen LogP contribution in [0.1, 0.15) is 41.5 Å². The first-order valence-electron chi connectivity index (χ1n) is 6.81. The first-order valence-corrected chi connectivity index (χ1v) is 12.1. The summed E-state index contributed by atoms with van der Waals surface area (Å²) >= 11 is 0. The lowest BCUT2D eigenvalue weighted by atomic mass is 10.6. The van der Waals surface area contributed by atoms with E-state index < -0.39 is 51.8 Å². The Bertz CT molecular complexity index is 622. The lowest BCUT2D eigenvalue weighted by molar-refractivity contribution is 0.233. The predicted octanol–water partition coefficient (Wildman–Crippen LogP) is 2.21. The van der Waals surface area contributed by atoms with Crippen molar-refractivity contribution in [2.45, 2.75) is 63.0 Å². The van der Waals surface area contributed by atoms with Crippen LogP contribution < -0.4 is 0 Å². The first kappa shape index (κ1) is 28.4. The van der Waals surface area contributed by atoms with Crippen LogP contribution in [-0.2, 0) is 29.5 Å². The fourth-order valence-electron chi connectivity index (χ4n) is 0.332. The molecule has 0 aliphatic carbocycles. The second-order valence-corrected chi connectivity index (χ2v) is 13.2. The third-order valence-corrected chi connectivity index (χ3v) is 7.90. The molecule has 0 N–H and O–H groups in total. The summed E-state index contributed by atoms with van der Waals surface area (Å²) in [7, 11) is -10.3. The summed E-state index contributed by atoms with van der Waals surface area (Å²) in [5.74, 6) is -3.24. The van der Waals surface area contributed by atoms with E-state index in [2.05, 4.69) is 0 Å². The molecule has 0 bridgehead atoms. The van der Waals surface area contributed by atoms with Gasteiger partial charge in [0.05, 0.1) is 15.7 Å². The van der Waals surface area contributed by atoms with Crippen LogP contribution in [0.2, 0.25) is 0 Å². The van der Waals surface area contributed by atoms with Crippen molar-refractivity contribution in [3.8, 4) is 0 Å². The minimum Gasteiger partial charge on any atom is -0.234 e. The van der Waals surface area contributed by atoms with E-state index in [0.29, 0.717) is 0 Å². The van der Waals surface area contributed by atoms with Crippen molar-refractivity contribution in [1.82, 2.24) is 0 Å². The number of alkyl halides is 3. The molecular weight excluding hydrogens is 393 g/mol. The number of hydrogen-bond acceptors (Lipinski definition) is 6. The van der Waals surface area contributed by atoms with Gasteiger partial charge in [-0.3, -0.25) is 0 Å². The third kappa shape index (κ3) is 13.0. The number of hydrogen-bond donors (Lipinski definition) is 0. The van der Waals surface area contributed by atoms with Crippen LogP contribution in [0.3, 0.4) is 0 Å². The topological polar surface area (TPSA) is 102 Å². The molecule has 24 heavy (non-hydrogen) atoms. The van der Waals surface area contributed by atoms with Gasteiger partial charge < -0.3 is 0 Å². The normalized spacial score (nSPS) is 12.8. The van der Waals surface area contributed by atoms with Gasteiger partial charge in [-0.2, -0.15) is 8.78 Å². The van der Waals surface area contributed by atoms with E-state index in [-0.39, 0.29) is 5.25 Å². The van der Waals surface area contributed by atoms with E-state index in [9.17, 15) is 38.4 Å². The molecule has 0 aromatic rings. The summed E-state index contributed by atoms with van der Waals surface area (Å²) in [6.45, 7) is 8.68. The quantitative estimate of drug-likeness (QED) is 0.676. The van der Waals surface area contributed by atoms with Crippen molar-refractivity contribution in [3.05, 3.63) is 0 Å². The van der Waals surface area contributed by atoms with Crippen molar-refractivity contribution in [1.29, 1.82) is 0 Å². The second kappa shape index (κ2) is 11.3. The summed E-state index contributed by atoms with van der Waals surface area (Å²) in [4.78, 5) is 0. The van der Waals surface area contributed by atoms with Gasteiger partial charge in [0, 0.05) is 6.26 Å². The molecule has 6 nitrogen and oxygen atoms in total. The van der Waals surface area contributed by atoms with Gasteiger partial charge in [0.15, 0.2) is 15.8 Å². The number of sulfone groups is 3. The molecule has 0 radical (unpaired) electrons. The minimum atomic E-state index is -4.15. The van der Waals surface area contributed by atoms with Gasteiger partial charge in [0.25, 0.3) is 0 Å². The van der Waals surface area contributed by atoms with E-state index in [4.69, 9.17) is 0 Å². The van der Waals surface area contributed by atoms with Gasteiger partial charge in [-0.15, -0.1) is 0 Å². The zero-order valence-corrected chi connectivity index (χ0v) is 17.3. The van der Waals surface area contributed by atoms with Crippen LogP contribution >= 0.6 is 0 Å². The fourth-order valence-corrected chi connectivity index (χ4v) is 0.995. The molecule has 0 saturated carbocycles. The molecule has 0 unspecified atom stereocenters. The molecule has 0 saturated heterocycles. The Balaban J connectivity index is -0.000000278. The van der Waals surface area contributed by atoms with Gasteiger partial charge in [-0.1, -0.05) is 0 Å². The SMILES string of the molecule is CC(C)S(=O)(=O)C(F)F.CC(C)S(=O)(=O)CF.CC(C)S(C)(=O)=O. The lowest BCUT2D eigenvalue weighted by Gasteiger charge is -2.03. The van der Waals surface area contributed by atoms with Crippen LogP contribution in [0.4, 0.5) is 13.2 Å². The van der Waals surface area contributed by atoms with E-state index in [0.717, 1.165) is 0 Å². The third-order valence-electron chi connectivity index (χ3n) is 2.63. The average Bonchev–Trinajstić information content (AvgIpc) is 2.38. The highest BCUT2D eigenvalue weighted by Gasteiger charge is 2.27. The molecule has 150 valence electrons. The molecule has 0 amide bonds. The van der Waals surface area contributed by atoms with Crippen LogP contribution in [-0.4, -0.2) is 59.0 Å². The zero-order valence-electron chi connectivity index (χ0n) is 14.8. The van der Waals surface area contributed by atoms with E-state index in [1.54, 1.807) is 13.8 Å². The zero-order chi connectivity index (χ0) is 20.5. The van der Waals surface area contributed by atoms with Crippen LogP contribution in [0, 0.1) is 0 Å². The molecule has 0 heterocycles. The lowest BCUT2D eigenvalue weighted by Crippen LogP contribution is -2.21. The summed E-state index contributed by atoms with van der Waals surface area (Å²) in [5, 5.41) is -1.81. The highest BCUT2D eigenvalue weighted by Crippen LogP contribution is 2.10. The first-order chi connectivity index (χ1) is 10.3. The molecule has 0 rings (SSSR count). The van der Waals surface area contributed by atoms with Crippen LogP contribution in [0.25, 0.3) is 0 Å². The largest absolute Gasteiger partial charge is 0.336 e. The Kier molecular flexibility index (Phi) is 13.4. The van der Waals surface area contributed by atoms with Crippen LogP contribution in [0.15, 0.2) is 0 Å². The highest BCUT2D eigenvalue weighted by molar-refractivity contribution is 7.92. The van der Waals surface area contributed by atoms with Crippen molar-refractivity contribution in [2.24, 2.45) is 0 Å². The number of rotatable bonds is 5. The molecular formula is C12H27F3O6S3. The molecule has 0 aromatic heterocycles. The van der Waals surface area contributed by atoms with Crippen molar-refractivity contribution in [2.75, 3.05) is 12.3 Å². The van der Waals surface area contributed by atoms with Crippen molar-refractivity contribution >= 4 is 29.5 Å². The maximum Gasteiger partial charge on any atom is 0.336 e. The maximum atomic E-state index is 11.5. The van der Waals surface area contributed by atoms with Crippen molar-refractivity contribution in [3.63, 3.8) is 0 Å². The average molecular weight is 421 g/mol. The Morgan fingerprint density at radius 2 is 1.00 bits per heavy atom. The summed E-state index contributed by atoms with van der Waals surface area (Å²) in [6, 6.07) is -1.25. The number of halogens is 3. The highest BCUT2D eigenvalue weighted by atomic mass is 32.2. The van der Waals surface area contributed by atoms with Gasteiger partial charge >= 0.3 is 5.76 Å². The van der Waals surface area contributed by atoms with E-state index in [1.807, 2.05) is 0 Å². The molecule has 0 aliphatic rings. The van der Waals surface area contributed by atoms with Gasteiger partial charge in [-0.25, -0.2) is 29.6 Å². The van der Waals surface area contributed by atoms with Crippen molar-refractivity contribution < 1.29 is 38.4 Å². The fraction of sp³-hybridized carbons (Fsp3) is 1.00. The maximum absolute atomic E-state index is 11.5. The molecule has 0 aliphatic heterocycles. The monoisotopic (exact) mass is 420 g/mol. The smallest absolute Gasteiger partial charge is 0.234 e. The van der Waals surface area contributed by atoms with Gasteiger partial charge in [-0.05, 0) is 41.5 Å². The molecule has 0 aromatic carbocycles. The molecule has 12 heteroatoms. The Labute approximate surface area is 143 Å². The predicted molar refractivity (Wildman–Crippen MR) is 90.1 cm³/mol. The summed E-state index contributed by atoms with van der Waals surface area (Å²) in [6.07, 6.45) is 1.23. The molecule has 0 fully saturated rings. The Hall–Kier alpha value is -0.360. The van der Waals surface area contributed by atoms with Gasteiger partial charge in [0.1, 0.15) is 9.84 Å². The summed E-state index contributed by atoms with van der Waals surface area (Å²) in [5.41, 5.74) is 0. The minimum absolute atomic E-state index is 0.229. The standard InChI is InChI=1S/C4H8F2O2S.C4H9FO2S.C4H10O2S/c1-3(2)9(7,8)4(5)6;1-4(2)8(6,7)3-5;1-4(2)7(3,5)6/h3-4H,1-2H3;4H,3H2,1-2H3;4H,1-3H3. The van der Waals surface area contributed by atoms with E-state index in [1.165, 1.54) is 34.0 Å². The Morgan fingerprint density at radius 3 is 1.00 bits per heavy atom. The molecule has 0 spiro atoms. The molecule has 0 atom stereocenters. The summed E-state index contributed by atoms with van der Waals surface area (Å²) < 4.78 is 96.3. The Morgan fingerprint density at radius 1 is 0.708 bits per heavy atom. The second-order valence-electron chi connectivity index (χ2n) is 5.60. The van der Waals surface area contributed by atoms with Crippen LogP contribution in [0.5, 0.6) is 0 Å².